The van der Waals surface area contributed by atoms with Crippen LogP contribution in [0.25, 0.3) is 0 Å². The van der Waals surface area contributed by atoms with Gasteiger partial charge in [0, 0.05) is 12.1 Å². The Balaban J connectivity index is 1.96. The molecule has 0 radical (unpaired) electrons. The minimum Gasteiger partial charge on any atom is -0.472 e. The van der Waals surface area contributed by atoms with E-state index in [1.54, 1.807) is 12.5 Å². The third-order valence-electron chi connectivity index (χ3n) is 1.87. The second-order valence-electron chi connectivity index (χ2n) is 3.02. The molecule has 0 aliphatic heterocycles. The third kappa shape index (κ3) is 3.58. The zero-order chi connectivity index (χ0) is 8.65. The summed E-state index contributed by atoms with van der Waals surface area (Å²) in [7, 11) is 0. The Kier molecular flexibility index (Phi) is 4.54. The number of nitrogens with one attached hydrogen (secondary N) is 1. The van der Waals surface area contributed by atoms with Crippen molar-refractivity contribution >= 4 is 0 Å². The zero-order valence-electron chi connectivity index (χ0n) is 7.68. The minimum absolute atomic E-state index is 0.931. The van der Waals surface area contributed by atoms with Gasteiger partial charge in [-0.2, -0.15) is 0 Å². The summed E-state index contributed by atoms with van der Waals surface area (Å²) in [5.74, 6) is 0. The molecule has 0 saturated heterocycles. The normalized spacial score (nSPS) is 10.4. The number of unbranched alkanes of at least 4 members (excludes halogenated alkanes) is 2. The molecule has 0 spiro atoms. The van der Waals surface area contributed by atoms with Gasteiger partial charge in [0.15, 0.2) is 0 Å². The molecule has 0 atom stereocenters. The average molecular weight is 167 g/mol. The van der Waals surface area contributed by atoms with E-state index in [1.807, 2.05) is 6.07 Å². The van der Waals surface area contributed by atoms with E-state index in [-0.39, 0.29) is 0 Å². The molecule has 0 fully saturated rings. The van der Waals surface area contributed by atoms with Gasteiger partial charge >= 0.3 is 0 Å². The highest BCUT2D eigenvalue weighted by Crippen LogP contribution is 1.98. The van der Waals surface area contributed by atoms with E-state index in [1.165, 1.54) is 24.8 Å². The fourth-order valence-electron chi connectivity index (χ4n) is 1.13. The summed E-state index contributed by atoms with van der Waals surface area (Å²) in [6.45, 7) is 4.26. The van der Waals surface area contributed by atoms with Gasteiger partial charge in [-0.25, -0.2) is 0 Å². The highest BCUT2D eigenvalue weighted by atomic mass is 16.3. The molecule has 68 valence electrons. The number of furan rings is 1. The Hall–Kier alpha value is -0.760. The first-order valence-corrected chi connectivity index (χ1v) is 4.65. The van der Waals surface area contributed by atoms with Crippen LogP contribution in [0, 0.1) is 0 Å². The van der Waals surface area contributed by atoms with Crippen molar-refractivity contribution in [1.29, 1.82) is 0 Å². The van der Waals surface area contributed by atoms with E-state index >= 15 is 0 Å². The molecule has 2 heteroatoms. The molecular weight excluding hydrogens is 150 g/mol. The van der Waals surface area contributed by atoms with Gasteiger partial charge in [0.2, 0.25) is 0 Å². The molecule has 0 unspecified atom stereocenters. The van der Waals surface area contributed by atoms with Crippen LogP contribution >= 0.6 is 0 Å². The molecule has 1 heterocycles. The molecule has 0 saturated carbocycles. The van der Waals surface area contributed by atoms with Crippen molar-refractivity contribution in [3.05, 3.63) is 24.2 Å². The van der Waals surface area contributed by atoms with Crippen molar-refractivity contribution in [2.24, 2.45) is 0 Å². The third-order valence-corrected chi connectivity index (χ3v) is 1.87. The lowest BCUT2D eigenvalue weighted by Crippen LogP contribution is -2.13. The van der Waals surface area contributed by atoms with Crippen LogP contribution in [0.2, 0.25) is 0 Å². The Morgan fingerprint density at radius 1 is 1.42 bits per heavy atom. The molecule has 0 bridgehead atoms. The first kappa shape index (κ1) is 9.33. The lowest BCUT2D eigenvalue weighted by atomic mass is 10.2. The van der Waals surface area contributed by atoms with Crippen LogP contribution in [-0.4, -0.2) is 6.54 Å². The second kappa shape index (κ2) is 5.84. The van der Waals surface area contributed by atoms with Crippen LogP contribution in [0.1, 0.15) is 31.7 Å². The summed E-state index contributed by atoms with van der Waals surface area (Å²) in [6.07, 6.45) is 7.37. The van der Waals surface area contributed by atoms with Gasteiger partial charge in [-0.05, 0) is 19.0 Å². The largest absolute Gasteiger partial charge is 0.472 e. The molecular formula is C10H17NO. The van der Waals surface area contributed by atoms with Gasteiger partial charge < -0.3 is 9.73 Å². The lowest BCUT2D eigenvalue weighted by Gasteiger charge is -2.00. The van der Waals surface area contributed by atoms with Gasteiger partial charge in [-0.1, -0.05) is 19.8 Å². The monoisotopic (exact) mass is 167 g/mol. The van der Waals surface area contributed by atoms with Gasteiger partial charge in [-0.3, -0.25) is 0 Å². The van der Waals surface area contributed by atoms with Gasteiger partial charge in [-0.15, -0.1) is 0 Å². The van der Waals surface area contributed by atoms with Crippen molar-refractivity contribution in [3.63, 3.8) is 0 Å². The van der Waals surface area contributed by atoms with Gasteiger partial charge in [0.1, 0.15) is 0 Å². The lowest BCUT2D eigenvalue weighted by molar-refractivity contribution is 0.558. The van der Waals surface area contributed by atoms with Crippen LogP contribution in [0.5, 0.6) is 0 Å². The summed E-state index contributed by atoms with van der Waals surface area (Å²) < 4.78 is 4.95. The fourth-order valence-corrected chi connectivity index (χ4v) is 1.13. The summed E-state index contributed by atoms with van der Waals surface area (Å²) in [4.78, 5) is 0. The average Bonchev–Trinajstić information content (AvgIpc) is 2.57. The van der Waals surface area contributed by atoms with Crippen molar-refractivity contribution < 1.29 is 4.42 Å². The summed E-state index contributed by atoms with van der Waals surface area (Å²) in [6, 6.07) is 1.99. The van der Waals surface area contributed by atoms with E-state index in [4.69, 9.17) is 4.42 Å². The highest BCUT2D eigenvalue weighted by molar-refractivity contribution is 5.04. The number of rotatable bonds is 6. The number of hydrogen-bond donors (Lipinski definition) is 1. The van der Waals surface area contributed by atoms with Crippen molar-refractivity contribution in [1.82, 2.24) is 5.32 Å². The molecule has 1 aromatic rings. The Labute approximate surface area is 74.0 Å². The first-order chi connectivity index (χ1) is 5.93. The van der Waals surface area contributed by atoms with E-state index in [0.29, 0.717) is 0 Å². The van der Waals surface area contributed by atoms with Crippen LogP contribution in [0.3, 0.4) is 0 Å². The first-order valence-electron chi connectivity index (χ1n) is 4.65. The predicted octanol–water partition coefficient (Wildman–Crippen LogP) is 2.56. The zero-order valence-corrected chi connectivity index (χ0v) is 7.68. The summed E-state index contributed by atoms with van der Waals surface area (Å²) in [5, 5.41) is 3.36. The second-order valence-corrected chi connectivity index (χ2v) is 3.02. The van der Waals surface area contributed by atoms with Gasteiger partial charge in [0.25, 0.3) is 0 Å². The molecule has 1 aromatic heterocycles. The molecule has 12 heavy (non-hydrogen) atoms. The smallest absolute Gasteiger partial charge is 0.0947 e. The predicted molar refractivity (Wildman–Crippen MR) is 49.9 cm³/mol. The summed E-state index contributed by atoms with van der Waals surface area (Å²) in [5.41, 5.74) is 1.23. The number of hydrogen-bond acceptors (Lipinski definition) is 2. The highest BCUT2D eigenvalue weighted by Gasteiger charge is 1.92. The topological polar surface area (TPSA) is 25.2 Å². The maximum atomic E-state index is 4.95. The molecule has 0 aromatic carbocycles. The summed E-state index contributed by atoms with van der Waals surface area (Å²) >= 11 is 0. The fraction of sp³-hybridized carbons (Fsp3) is 0.600. The van der Waals surface area contributed by atoms with Crippen LogP contribution in [0.15, 0.2) is 23.0 Å². The Morgan fingerprint density at radius 3 is 3.00 bits per heavy atom. The van der Waals surface area contributed by atoms with Crippen molar-refractivity contribution in [2.75, 3.05) is 6.54 Å². The maximum absolute atomic E-state index is 4.95. The molecule has 1 rings (SSSR count). The molecule has 0 aliphatic carbocycles. The van der Waals surface area contributed by atoms with Crippen LogP contribution in [-0.2, 0) is 6.54 Å². The van der Waals surface area contributed by atoms with E-state index in [2.05, 4.69) is 12.2 Å². The van der Waals surface area contributed by atoms with Gasteiger partial charge in [0.05, 0.1) is 12.5 Å². The standard InChI is InChI=1S/C10H17NO/c1-2-3-4-6-11-8-10-5-7-12-9-10/h5,7,9,11H,2-4,6,8H2,1H3. The molecule has 1 N–H and O–H groups in total. The van der Waals surface area contributed by atoms with Crippen LogP contribution < -0.4 is 5.32 Å². The minimum atomic E-state index is 0.931. The van der Waals surface area contributed by atoms with E-state index < -0.39 is 0 Å². The van der Waals surface area contributed by atoms with Crippen molar-refractivity contribution in [2.45, 2.75) is 32.7 Å². The SMILES string of the molecule is CCCCCNCc1ccoc1. The van der Waals surface area contributed by atoms with E-state index in [0.717, 1.165) is 13.1 Å². The molecule has 2 nitrogen and oxygen atoms in total. The maximum Gasteiger partial charge on any atom is 0.0947 e. The quantitative estimate of drug-likeness (QED) is 0.659. The van der Waals surface area contributed by atoms with E-state index in [9.17, 15) is 0 Å². The van der Waals surface area contributed by atoms with Crippen molar-refractivity contribution in [3.8, 4) is 0 Å². The molecule has 0 aliphatic rings. The van der Waals surface area contributed by atoms with Crippen LogP contribution in [0.4, 0.5) is 0 Å². The Bertz CT molecular complexity index is 182. The Morgan fingerprint density at radius 2 is 2.33 bits per heavy atom. The molecule has 0 amide bonds.